The fourth-order valence-corrected chi connectivity index (χ4v) is 1.13. The molecule has 1 N–H and O–H groups in total. The van der Waals surface area contributed by atoms with Crippen molar-refractivity contribution in [2.45, 2.75) is 13.3 Å². The molecule has 0 aromatic heterocycles. The lowest BCUT2D eigenvalue weighted by Gasteiger charge is -2.03. The number of halogens is 1. The van der Waals surface area contributed by atoms with E-state index in [2.05, 4.69) is 5.32 Å². The summed E-state index contributed by atoms with van der Waals surface area (Å²) in [6.07, 6.45) is 0.594. The third kappa shape index (κ3) is 2.05. The van der Waals surface area contributed by atoms with E-state index in [0.717, 1.165) is 0 Å². The normalized spacial score (nSPS) is 9.77. The van der Waals surface area contributed by atoms with Gasteiger partial charge in [-0.1, -0.05) is 6.92 Å². The highest BCUT2D eigenvalue weighted by Crippen LogP contribution is 2.10. The summed E-state index contributed by atoms with van der Waals surface area (Å²) in [4.78, 5) is 11.2. The zero-order valence-corrected chi connectivity index (χ0v) is 7.73. The zero-order valence-electron chi connectivity index (χ0n) is 7.73. The van der Waals surface area contributed by atoms with E-state index in [1.165, 1.54) is 12.1 Å². The molecule has 13 heavy (non-hydrogen) atoms. The van der Waals surface area contributed by atoms with Gasteiger partial charge >= 0.3 is 0 Å². The van der Waals surface area contributed by atoms with Crippen LogP contribution in [0.2, 0.25) is 0 Å². The molecule has 0 saturated heterocycles. The molecule has 0 fully saturated rings. The monoisotopic (exact) mass is 181 g/mol. The van der Waals surface area contributed by atoms with Crippen molar-refractivity contribution in [1.82, 2.24) is 5.32 Å². The molecule has 0 atom stereocenters. The topological polar surface area (TPSA) is 29.1 Å². The smallest absolute Gasteiger partial charge is 0.251 e. The summed E-state index contributed by atoms with van der Waals surface area (Å²) < 4.78 is 13.0. The zero-order chi connectivity index (χ0) is 9.84. The molecule has 0 spiro atoms. The second-order valence-electron chi connectivity index (χ2n) is 2.74. The van der Waals surface area contributed by atoms with Crippen molar-refractivity contribution in [3.05, 3.63) is 35.1 Å². The molecule has 1 aromatic carbocycles. The van der Waals surface area contributed by atoms with Crippen molar-refractivity contribution in [3.8, 4) is 0 Å². The van der Waals surface area contributed by atoms with Crippen molar-refractivity contribution in [1.29, 1.82) is 0 Å². The third-order valence-corrected chi connectivity index (χ3v) is 1.92. The molecule has 0 aliphatic rings. The number of nitrogens with one attached hydrogen (secondary N) is 1. The van der Waals surface area contributed by atoms with Crippen LogP contribution in [0.3, 0.4) is 0 Å². The summed E-state index contributed by atoms with van der Waals surface area (Å²) in [6, 6.07) is 4.38. The first-order chi connectivity index (χ1) is 6.19. The predicted octanol–water partition coefficient (Wildman–Crippen LogP) is 1.75. The molecule has 0 aliphatic carbocycles. The van der Waals surface area contributed by atoms with Gasteiger partial charge in [-0.25, -0.2) is 4.39 Å². The average molecular weight is 181 g/mol. The molecule has 0 saturated carbocycles. The van der Waals surface area contributed by atoms with Crippen LogP contribution in [0.5, 0.6) is 0 Å². The number of amides is 1. The Morgan fingerprint density at radius 1 is 1.54 bits per heavy atom. The van der Waals surface area contributed by atoms with E-state index in [1.807, 2.05) is 6.92 Å². The Hall–Kier alpha value is -1.38. The first-order valence-corrected chi connectivity index (χ1v) is 4.19. The summed E-state index contributed by atoms with van der Waals surface area (Å²) in [5, 5.41) is 2.49. The predicted molar refractivity (Wildman–Crippen MR) is 49.2 cm³/mol. The molecular formula is C10H12FNO. The Bertz CT molecular complexity index is 323. The number of rotatable bonds is 2. The van der Waals surface area contributed by atoms with Gasteiger partial charge in [0, 0.05) is 12.6 Å². The van der Waals surface area contributed by atoms with Crippen LogP contribution < -0.4 is 5.32 Å². The summed E-state index contributed by atoms with van der Waals surface area (Å²) in [6.45, 7) is 1.85. The highest BCUT2D eigenvalue weighted by atomic mass is 19.1. The van der Waals surface area contributed by atoms with Crippen molar-refractivity contribution in [3.63, 3.8) is 0 Å². The molecule has 3 heteroatoms. The van der Waals surface area contributed by atoms with Crippen LogP contribution in [0.1, 0.15) is 22.8 Å². The van der Waals surface area contributed by atoms with Gasteiger partial charge in [-0.2, -0.15) is 0 Å². The molecule has 2 nitrogen and oxygen atoms in total. The number of benzene rings is 1. The van der Waals surface area contributed by atoms with Crippen LogP contribution in [-0.2, 0) is 6.42 Å². The first-order valence-electron chi connectivity index (χ1n) is 4.19. The highest BCUT2D eigenvalue weighted by molar-refractivity contribution is 5.94. The standard InChI is InChI=1S/C10H12FNO/c1-3-7-6-8(10(13)12-2)4-5-9(7)11/h4-6H,3H2,1-2H3,(H,12,13). The van der Waals surface area contributed by atoms with Gasteiger partial charge in [-0.05, 0) is 30.2 Å². The van der Waals surface area contributed by atoms with Crippen molar-refractivity contribution in [2.24, 2.45) is 0 Å². The summed E-state index contributed by atoms with van der Waals surface area (Å²) in [5.41, 5.74) is 1.07. The highest BCUT2D eigenvalue weighted by Gasteiger charge is 2.06. The molecule has 0 radical (unpaired) electrons. The Labute approximate surface area is 76.8 Å². The van der Waals surface area contributed by atoms with E-state index in [0.29, 0.717) is 17.5 Å². The van der Waals surface area contributed by atoms with Crippen LogP contribution >= 0.6 is 0 Å². The minimum Gasteiger partial charge on any atom is -0.355 e. The van der Waals surface area contributed by atoms with Crippen molar-refractivity contribution < 1.29 is 9.18 Å². The lowest BCUT2D eigenvalue weighted by Crippen LogP contribution is -2.18. The molecule has 1 aromatic rings. The quantitative estimate of drug-likeness (QED) is 0.739. The summed E-state index contributed by atoms with van der Waals surface area (Å²) in [7, 11) is 1.55. The second-order valence-corrected chi connectivity index (χ2v) is 2.74. The first kappa shape index (κ1) is 9.71. The largest absolute Gasteiger partial charge is 0.355 e. The molecule has 70 valence electrons. The number of carbonyl (C=O) groups excluding carboxylic acids is 1. The Morgan fingerprint density at radius 2 is 2.23 bits per heavy atom. The molecule has 1 amide bonds. The van der Waals surface area contributed by atoms with Crippen LogP contribution in [0.15, 0.2) is 18.2 Å². The van der Waals surface area contributed by atoms with Gasteiger partial charge in [0.1, 0.15) is 5.82 Å². The van der Waals surface area contributed by atoms with E-state index in [4.69, 9.17) is 0 Å². The van der Waals surface area contributed by atoms with Gasteiger partial charge in [0.15, 0.2) is 0 Å². The lowest BCUT2D eigenvalue weighted by molar-refractivity contribution is 0.0963. The van der Waals surface area contributed by atoms with Crippen LogP contribution in [0, 0.1) is 5.82 Å². The van der Waals surface area contributed by atoms with E-state index in [9.17, 15) is 9.18 Å². The fraction of sp³-hybridized carbons (Fsp3) is 0.300. The number of aryl methyl sites for hydroxylation is 1. The van der Waals surface area contributed by atoms with Gasteiger partial charge in [0.25, 0.3) is 5.91 Å². The van der Waals surface area contributed by atoms with Gasteiger partial charge < -0.3 is 5.32 Å². The van der Waals surface area contributed by atoms with Gasteiger partial charge in [0.2, 0.25) is 0 Å². The minimum atomic E-state index is -0.254. The summed E-state index contributed by atoms with van der Waals surface area (Å²) >= 11 is 0. The SMILES string of the molecule is CCc1cc(C(=O)NC)ccc1F. The average Bonchev–Trinajstić information content (AvgIpc) is 2.17. The van der Waals surface area contributed by atoms with Crippen LogP contribution in [0.25, 0.3) is 0 Å². The Morgan fingerprint density at radius 3 is 2.77 bits per heavy atom. The Balaban J connectivity index is 3.06. The number of hydrogen-bond donors (Lipinski definition) is 1. The molecule has 0 unspecified atom stereocenters. The van der Waals surface area contributed by atoms with E-state index in [1.54, 1.807) is 13.1 Å². The minimum absolute atomic E-state index is 0.185. The molecule has 1 rings (SSSR count). The van der Waals surface area contributed by atoms with Crippen LogP contribution in [0.4, 0.5) is 4.39 Å². The lowest BCUT2D eigenvalue weighted by atomic mass is 10.1. The fourth-order valence-electron chi connectivity index (χ4n) is 1.13. The van der Waals surface area contributed by atoms with Gasteiger partial charge in [0.05, 0.1) is 0 Å². The molecular weight excluding hydrogens is 169 g/mol. The van der Waals surface area contributed by atoms with Gasteiger partial charge in [-0.3, -0.25) is 4.79 Å². The Kier molecular flexibility index (Phi) is 3.01. The maximum absolute atomic E-state index is 13.0. The maximum atomic E-state index is 13.0. The van der Waals surface area contributed by atoms with Crippen molar-refractivity contribution in [2.75, 3.05) is 7.05 Å². The maximum Gasteiger partial charge on any atom is 0.251 e. The van der Waals surface area contributed by atoms with E-state index < -0.39 is 0 Å². The van der Waals surface area contributed by atoms with Crippen molar-refractivity contribution >= 4 is 5.91 Å². The number of hydrogen-bond acceptors (Lipinski definition) is 1. The number of carbonyl (C=O) groups is 1. The van der Waals surface area contributed by atoms with Crippen LogP contribution in [-0.4, -0.2) is 13.0 Å². The molecule has 0 heterocycles. The van der Waals surface area contributed by atoms with E-state index in [-0.39, 0.29) is 11.7 Å². The van der Waals surface area contributed by atoms with Gasteiger partial charge in [-0.15, -0.1) is 0 Å². The molecule has 0 aliphatic heterocycles. The summed E-state index contributed by atoms with van der Waals surface area (Å²) in [5.74, 6) is -0.440. The molecule has 0 bridgehead atoms. The van der Waals surface area contributed by atoms with E-state index >= 15 is 0 Å². The second kappa shape index (κ2) is 4.03. The third-order valence-electron chi connectivity index (χ3n) is 1.92.